The number of hydrogen-bond acceptors (Lipinski definition) is 5. The van der Waals surface area contributed by atoms with Gasteiger partial charge in [-0.25, -0.2) is 13.2 Å². The topological polar surface area (TPSA) is 127 Å². The Kier molecular flexibility index (Phi) is 5.52. The molecule has 8 heteroatoms. The minimum Gasteiger partial charge on any atom is -0.480 e. The summed E-state index contributed by atoms with van der Waals surface area (Å²) in [6, 6.07) is -1.22. The third kappa shape index (κ3) is 5.09. The zero-order valence-corrected chi connectivity index (χ0v) is 12.4. The maximum absolute atomic E-state index is 12.1. The molecule has 0 saturated heterocycles. The van der Waals surface area contributed by atoms with E-state index in [0.29, 0.717) is 12.8 Å². The SMILES string of the molecule is CS(=O)(=O)CCC(NC(=O)C1(N)CCCCC1)C(=O)O. The van der Waals surface area contributed by atoms with Gasteiger partial charge in [-0.2, -0.15) is 0 Å². The number of carbonyl (C=O) groups is 2. The van der Waals surface area contributed by atoms with E-state index in [-0.39, 0.29) is 12.2 Å². The Hall–Kier alpha value is -1.15. The molecule has 0 aromatic carbocycles. The van der Waals surface area contributed by atoms with E-state index >= 15 is 0 Å². The molecule has 116 valence electrons. The molecular weight excluding hydrogens is 284 g/mol. The molecule has 1 saturated carbocycles. The van der Waals surface area contributed by atoms with Crippen LogP contribution in [0.2, 0.25) is 0 Å². The molecular formula is C12H22N2O5S. The molecule has 0 heterocycles. The van der Waals surface area contributed by atoms with Crippen LogP contribution in [0, 0.1) is 0 Å². The van der Waals surface area contributed by atoms with Gasteiger partial charge in [-0.15, -0.1) is 0 Å². The van der Waals surface area contributed by atoms with E-state index in [9.17, 15) is 18.0 Å². The van der Waals surface area contributed by atoms with E-state index in [2.05, 4.69) is 5.32 Å². The summed E-state index contributed by atoms with van der Waals surface area (Å²) in [5.41, 5.74) is 4.98. The van der Waals surface area contributed by atoms with E-state index in [1.807, 2.05) is 0 Å². The van der Waals surface area contributed by atoms with Crippen LogP contribution in [0.1, 0.15) is 38.5 Å². The van der Waals surface area contributed by atoms with Crippen molar-refractivity contribution in [3.8, 4) is 0 Å². The Morgan fingerprint density at radius 3 is 2.30 bits per heavy atom. The number of carboxylic acids is 1. The summed E-state index contributed by atoms with van der Waals surface area (Å²) in [6.07, 6.45) is 4.61. The van der Waals surface area contributed by atoms with E-state index in [4.69, 9.17) is 10.8 Å². The van der Waals surface area contributed by atoms with Gasteiger partial charge in [0.15, 0.2) is 0 Å². The standard InChI is InChI=1S/C12H22N2O5S/c1-20(18,19)8-5-9(10(15)16)14-11(17)12(13)6-3-2-4-7-12/h9H,2-8,13H2,1H3,(H,14,17)(H,15,16). The minimum atomic E-state index is -3.27. The maximum Gasteiger partial charge on any atom is 0.326 e. The summed E-state index contributed by atoms with van der Waals surface area (Å²) in [4.78, 5) is 23.2. The van der Waals surface area contributed by atoms with Gasteiger partial charge in [-0.1, -0.05) is 19.3 Å². The first kappa shape index (κ1) is 16.9. The lowest BCUT2D eigenvalue weighted by Crippen LogP contribution is -2.58. The van der Waals surface area contributed by atoms with Crippen molar-refractivity contribution in [2.45, 2.75) is 50.1 Å². The normalized spacial score (nSPS) is 20.1. The molecule has 7 nitrogen and oxygen atoms in total. The lowest BCUT2D eigenvalue weighted by Gasteiger charge is -2.32. The van der Waals surface area contributed by atoms with Crippen molar-refractivity contribution < 1.29 is 23.1 Å². The first-order chi connectivity index (χ1) is 9.14. The number of sulfone groups is 1. The summed E-state index contributed by atoms with van der Waals surface area (Å²) < 4.78 is 22.2. The Labute approximate surface area is 118 Å². The average Bonchev–Trinajstić information content (AvgIpc) is 2.33. The summed E-state index contributed by atoms with van der Waals surface area (Å²) >= 11 is 0. The lowest BCUT2D eigenvalue weighted by molar-refractivity contribution is -0.143. The summed E-state index contributed by atoms with van der Waals surface area (Å²) in [6.45, 7) is 0. The molecule has 1 atom stereocenters. The number of rotatable bonds is 6. The first-order valence-electron chi connectivity index (χ1n) is 6.64. The monoisotopic (exact) mass is 306 g/mol. The van der Waals surface area contributed by atoms with Crippen molar-refractivity contribution >= 4 is 21.7 Å². The van der Waals surface area contributed by atoms with Crippen LogP contribution in [0.5, 0.6) is 0 Å². The van der Waals surface area contributed by atoms with Crippen LogP contribution in [0.4, 0.5) is 0 Å². The van der Waals surface area contributed by atoms with E-state index in [1.54, 1.807) is 0 Å². The van der Waals surface area contributed by atoms with Crippen LogP contribution in [-0.2, 0) is 19.4 Å². The Morgan fingerprint density at radius 1 is 1.30 bits per heavy atom. The number of nitrogens with one attached hydrogen (secondary N) is 1. The van der Waals surface area contributed by atoms with Crippen LogP contribution in [0.25, 0.3) is 0 Å². The van der Waals surface area contributed by atoms with Gasteiger partial charge in [0.1, 0.15) is 15.9 Å². The Balaban J connectivity index is 2.65. The summed E-state index contributed by atoms with van der Waals surface area (Å²) in [7, 11) is -3.27. The van der Waals surface area contributed by atoms with Crippen LogP contribution in [0.15, 0.2) is 0 Å². The number of nitrogens with two attached hydrogens (primary N) is 1. The third-order valence-corrected chi connectivity index (χ3v) is 4.56. The predicted molar refractivity (Wildman–Crippen MR) is 73.9 cm³/mol. The second kappa shape index (κ2) is 6.53. The van der Waals surface area contributed by atoms with Gasteiger partial charge in [-0.3, -0.25) is 4.79 Å². The van der Waals surface area contributed by atoms with Crippen LogP contribution >= 0.6 is 0 Å². The zero-order valence-electron chi connectivity index (χ0n) is 11.6. The fourth-order valence-electron chi connectivity index (χ4n) is 2.30. The quantitative estimate of drug-likeness (QED) is 0.616. The molecule has 0 bridgehead atoms. The highest BCUT2D eigenvalue weighted by Crippen LogP contribution is 2.26. The predicted octanol–water partition coefficient (Wildman–Crippen LogP) is -0.348. The van der Waals surface area contributed by atoms with Crippen molar-refractivity contribution in [2.24, 2.45) is 5.73 Å². The highest BCUT2D eigenvalue weighted by atomic mass is 32.2. The van der Waals surface area contributed by atoms with Crippen LogP contribution in [-0.4, -0.2) is 49.0 Å². The molecule has 1 aliphatic rings. The highest BCUT2D eigenvalue weighted by Gasteiger charge is 2.37. The third-order valence-electron chi connectivity index (χ3n) is 3.58. The van der Waals surface area contributed by atoms with Gasteiger partial charge < -0.3 is 16.2 Å². The largest absolute Gasteiger partial charge is 0.480 e. The van der Waals surface area contributed by atoms with Crippen LogP contribution < -0.4 is 11.1 Å². The molecule has 1 rings (SSSR count). The lowest BCUT2D eigenvalue weighted by atomic mass is 9.81. The molecule has 0 radical (unpaired) electrons. The molecule has 1 aliphatic carbocycles. The van der Waals surface area contributed by atoms with E-state index in [1.165, 1.54) is 0 Å². The molecule has 4 N–H and O–H groups in total. The molecule has 0 aliphatic heterocycles. The number of carbonyl (C=O) groups excluding carboxylic acids is 1. The zero-order chi connectivity index (χ0) is 15.4. The fourth-order valence-corrected chi connectivity index (χ4v) is 2.96. The van der Waals surface area contributed by atoms with Crippen molar-refractivity contribution in [1.29, 1.82) is 0 Å². The average molecular weight is 306 g/mol. The summed E-state index contributed by atoms with van der Waals surface area (Å²) in [5, 5.41) is 11.4. The van der Waals surface area contributed by atoms with Crippen molar-refractivity contribution in [2.75, 3.05) is 12.0 Å². The van der Waals surface area contributed by atoms with E-state index < -0.39 is 33.3 Å². The number of hydrogen-bond donors (Lipinski definition) is 3. The fraction of sp³-hybridized carbons (Fsp3) is 0.833. The first-order valence-corrected chi connectivity index (χ1v) is 8.70. The van der Waals surface area contributed by atoms with Crippen molar-refractivity contribution in [3.05, 3.63) is 0 Å². The van der Waals surface area contributed by atoms with Gasteiger partial charge >= 0.3 is 5.97 Å². The highest BCUT2D eigenvalue weighted by molar-refractivity contribution is 7.90. The van der Waals surface area contributed by atoms with Crippen molar-refractivity contribution in [1.82, 2.24) is 5.32 Å². The van der Waals surface area contributed by atoms with Crippen molar-refractivity contribution in [3.63, 3.8) is 0 Å². The molecule has 20 heavy (non-hydrogen) atoms. The van der Waals surface area contributed by atoms with Gasteiger partial charge in [0.2, 0.25) is 5.91 Å². The molecule has 1 amide bonds. The summed E-state index contributed by atoms with van der Waals surface area (Å²) in [5.74, 6) is -2.04. The van der Waals surface area contributed by atoms with Gasteiger partial charge in [-0.05, 0) is 19.3 Å². The molecule has 0 aromatic heterocycles. The Bertz CT molecular complexity index is 468. The van der Waals surface area contributed by atoms with Gasteiger partial charge in [0, 0.05) is 6.26 Å². The van der Waals surface area contributed by atoms with Crippen LogP contribution in [0.3, 0.4) is 0 Å². The number of aliphatic carboxylic acids is 1. The second-order valence-corrected chi connectivity index (χ2v) is 7.76. The van der Waals surface area contributed by atoms with E-state index in [0.717, 1.165) is 25.5 Å². The molecule has 1 fully saturated rings. The minimum absolute atomic E-state index is 0.157. The Morgan fingerprint density at radius 2 is 1.85 bits per heavy atom. The van der Waals surface area contributed by atoms with Gasteiger partial charge in [0.05, 0.1) is 11.3 Å². The number of carboxylic acid groups (broad SMARTS) is 1. The van der Waals surface area contributed by atoms with Gasteiger partial charge in [0.25, 0.3) is 0 Å². The number of amides is 1. The smallest absolute Gasteiger partial charge is 0.326 e. The maximum atomic E-state index is 12.1. The molecule has 0 spiro atoms. The molecule has 0 aromatic rings. The second-order valence-electron chi connectivity index (χ2n) is 5.50. The molecule has 1 unspecified atom stereocenters.